The van der Waals surface area contributed by atoms with Crippen LogP contribution in [0, 0.1) is 22.8 Å². The van der Waals surface area contributed by atoms with Gasteiger partial charge >= 0.3 is 0 Å². The second kappa shape index (κ2) is 4.11. The van der Waals surface area contributed by atoms with Gasteiger partial charge in [0.2, 0.25) is 6.19 Å². The summed E-state index contributed by atoms with van der Waals surface area (Å²) in [5.74, 6) is 0. The van der Waals surface area contributed by atoms with Crippen molar-refractivity contribution in [3.63, 3.8) is 0 Å². The Labute approximate surface area is 91.7 Å². The van der Waals surface area contributed by atoms with Crippen LogP contribution in [0.3, 0.4) is 0 Å². The van der Waals surface area contributed by atoms with E-state index in [0.717, 1.165) is 10.7 Å². The van der Waals surface area contributed by atoms with Gasteiger partial charge in [-0.1, -0.05) is 35.4 Å². The lowest BCUT2D eigenvalue weighted by Crippen LogP contribution is -2.34. The molecule has 0 radical (unpaired) electrons. The highest BCUT2D eigenvalue weighted by Crippen LogP contribution is 2.06. The van der Waals surface area contributed by atoms with E-state index < -0.39 is 0 Å². The Morgan fingerprint density at radius 2 is 1.94 bits per heavy atom. The molecule has 0 saturated heterocycles. The zero-order valence-electron chi connectivity index (χ0n) is 8.12. The van der Waals surface area contributed by atoms with Crippen LogP contribution in [0.1, 0.15) is 5.56 Å². The first kappa shape index (κ1) is 9.69. The normalized spacial score (nSPS) is 14.0. The molecule has 0 saturated carbocycles. The van der Waals surface area contributed by atoms with Crippen molar-refractivity contribution >= 4 is 11.4 Å². The zero-order valence-corrected chi connectivity index (χ0v) is 8.12. The van der Waals surface area contributed by atoms with Crippen molar-refractivity contribution in [2.24, 2.45) is 10.2 Å². The third-order valence-electron chi connectivity index (χ3n) is 1.93. The van der Waals surface area contributed by atoms with Crippen LogP contribution in [0.5, 0.6) is 0 Å². The average molecular weight is 210 g/mol. The van der Waals surface area contributed by atoms with Gasteiger partial charge in [-0.05, 0) is 0 Å². The van der Waals surface area contributed by atoms with Crippen LogP contribution >= 0.6 is 0 Å². The molecule has 0 fully saturated rings. The van der Waals surface area contributed by atoms with E-state index >= 15 is 0 Å². The molecule has 0 spiro atoms. The van der Waals surface area contributed by atoms with Crippen molar-refractivity contribution in [2.75, 3.05) is 0 Å². The Balaban J connectivity index is 2.45. The summed E-state index contributed by atoms with van der Waals surface area (Å²) in [4.78, 5) is 0. The molecule has 1 aromatic rings. The predicted octanol–water partition coefficient (Wildman–Crippen LogP) is 0.572. The third kappa shape index (κ3) is 1.68. The van der Waals surface area contributed by atoms with Crippen LogP contribution in [0.2, 0.25) is 0 Å². The fourth-order valence-corrected chi connectivity index (χ4v) is 1.23. The van der Waals surface area contributed by atoms with Crippen molar-refractivity contribution in [1.29, 1.82) is 10.5 Å². The van der Waals surface area contributed by atoms with Gasteiger partial charge in [0.05, 0.1) is 0 Å². The molecule has 1 N–H and O–H groups in total. The zero-order chi connectivity index (χ0) is 11.4. The second-order valence-corrected chi connectivity index (χ2v) is 2.90. The molecule has 6 heteroatoms. The maximum absolute atomic E-state index is 8.88. The van der Waals surface area contributed by atoms with E-state index in [0.29, 0.717) is 5.71 Å². The molecule has 0 aromatic heterocycles. The highest BCUT2D eigenvalue weighted by Gasteiger charge is 2.17. The van der Waals surface area contributed by atoms with Crippen molar-refractivity contribution < 1.29 is 0 Å². The first-order valence-electron chi connectivity index (χ1n) is 4.43. The summed E-state index contributed by atoms with van der Waals surface area (Å²) in [6, 6.07) is 11.0. The topological polar surface area (TPSA) is 87.6 Å². The van der Waals surface area contributed by atoms with Crippen molar-refractivity contribution in [1.82, 2.24) is 10.7 Å². The summed E-state index contributed by atoms with van der Waals surface area (Å²) in [6.45, 7) is 0. The molecular weight excluding hydrogens is 204 g/mol. The lowest BCUT2D eigenvalue weighted by molar-refractivity contribution is 0.303. The SMILES string of the molecule is N#CC1=NNN(C#N)N=C1c1ccccc1. The van der Waals surface area contributed by atoms with Gasteiger partial charge in [0.15, 0.2) is 5.71 Å². The lowest BCUT2D eigenvalue weighted by atomic mass is 10.1. The van der Waals surface area contributed by atoms with E-state index in [1.54, 1.807) is 18.3 Å². The number of hydrogen-bond donors (Lipinski definition) is 1. The summed E-state index contributed by atoms with van der Waals surface area (Å²) in [5.41, 5.74) is 3.59. The molecule has 2 rings (SSSR count). The molecule has 76 valence electrons. The van der Waals surface area contributed by atoms with Gasteiger partial charge in [0, 0.05) is 5.56 Å². The Kier molecular flexibility index (Phi) is 2.49. The highest BCUT2D eigenvalue weighted by molar-refractivity contribution is 6.53. The number of benzene rings is 1. The van der Waals surface area contributed by atoms with E-state index in [2.05, 4.69) is 15.7 Å². The summed E-state index contributed by atoms with van der Waals surface area (Å²) in [7, 11) is 0. The van der Waals surface area contributed by atoms with E-state index in [-0.39, 0.29) is 5.71 Å². The largest absolute Gasteiger partial charge is 0.224 e. The second-order valence-electron chi connectivity index (χ2n) is 2.90. The Bertz CT molecular complexity index is 531. The minimum absolute atomic E-state index is 0.151. The van der Waals surface area contributed by atoms with Gasteiger partial charge in [-0.2, -0.15) is 16.1 Å². The van der Waals surface area contributed by atoms with Crippen LogP contribution in [-0.4, -0.2) is 16.5 Å². The molecule has 0 atom stereocenters. The van der Waals surface area contributed by atoms with Crippen LogP contribution in [-0.2, 0) is 0 Å². The van der Waals surface area contributed by atoms with Gasteiger partial charge in [-0.15, -0.1) is 10.2 Å². The standard InChI is InChI=1S/C10H6N6/c11-6-9-10(8-4-2-1-3-5-8)14-16(7-12)15-13-9/h1-5,15H. The summed E-state index contributed by atoms with van der Waals surface area (Å²) in [5, 5.41) is 26.1. The number of hydrazone groups is 2. The molecule has 1 aromatic carbocycles. The Hall–Kier alpha value is -2.86. The maximum atomic E-state index is 8.88. The molecule has 0 bridgehead atoms. The minimum Gasteiger partial charge on any atom is -0.191 e. The number of nitrogens with one attached hydrogen (secondary N) is 1. The van der Waals surface area contributed by atoms with Gasteiger partial charge in [0.1, 0.15) is 11.8 Å². The number of hydrogen-bond acceptors (Lipinski definition) is 6. The average Bonchev–Trinajstić information content (AvgIpc) is 2.39. The summed E-state index contributed by atoms with van der Waals surface area (Å²) in [6.07, 6.45) is 1.77. The van der Waals surface area contributed by atoms with Crippen LogP contribution in [0.15, 0.2) is 40.5 Å². The van der Waals surface area contributed by atoms with E-state index in [4.69, 9.17) is 10.5 Å². The molecule has 1 heterocycles. The predicted molar refractivity (Wildman–Crippen MR) is 56.6 cm³/mol. The van der Waals surface area contributed by atoms with Gasteiger partial charge in [-0.3, -0.25) is 0 Å². The fraction of sp³-hybridized carbons (Fsp3) is 0. The maximum Gasteiger partial charge on any atom is 0.224 e. The van der Waals surface area contributed by atoms with Gasteiger partial charge in [-0.25, -0.2) is 0 Å². The third-order valence-corrected chi connectivity index (χ3v) is 1.93. The molecule has 0 unspecified atom stereocenters. The van der Waals surface area contributed by atoms with Crippen LogP contribution < -0.4 is 5.53 Å². The first-order valence-corrected chi connectivity index (χ1v) is 4.43. The number of hydrazine groups is 1. The lowest BCUT2D eigenvalue weighted by Gasteiger charge is -2.15. The molecular formula is C10H6N6. The number of nitrogens with zero attached hydrogens (tertiary/aromatic N) is 5. The Morgan fingerprint density at radius 3 is 2.56 bits per heavy atom. The quantitative estimate of drug-likeness (QED) is 0.686. The highest BCUT2D eigenvalue weighted by atomic mass is 15.8. The smallest absolute Gasteiger partial charge is 0.191 e. The van der Waals surface area contributed by atoms with Crippen LogP contribution in [0.25, 0.3) is 0 Å². The molecule has 1 aliphatic rings. The summed E-state index contributed by atoms with van der Waals surface area (Å²) >= 11 is 0. The van der Waals surface area contributed by atoms with Gasteiger partial charge in [0.25, 0.3) is 0 Å². The molecule has 0 amide bonds. The van der Waals surface area contributed by atoms with Crippen molar-refractivity contribution in [3.05, 3.63) is 35.9 Å². The molecule has 16 heavy (non-hydrogen) atoms. The molecule has 6 nitrogen and oxygen atoms in total. The minimum atomic E-state index is 0.151. The van der Waals surface area contributed by atoms with E-state index in [1.165, 1.54) is 0 Å². The number of rotatable bonds is 1. The fourth-order valence-electron chi connectivity index (χ4n) is 1.23. The van der Waals surface area contributed by atoms with E-state index in [1.807, 2.05) is 24.3 Å². The monoisotopic (exact) mass is 210 g/mol. The van der Waals surface area contributed by atoms with Crippen molar-refractivity contribution in [2.45, 2.75) is 0 Å². The van der Waals surface area contributed by atoms with E-state index in [9.17, 15) is 0 Å². The Morgan fingerprint density at radius 1 is 1.19 bits per heavy atom. The number of nitriles is 2. The molecule has 1 aliphatic heterocycles. The summed E-state index contributed by atoms with van der Waals surface area (Å²) < 4.78 is 0. The molecule has 0 aliphatic carbocycles. The van der Waals surface area contributed by atoms with Crippen molar-refractivity contribution in [3.8, 4) is 12.3 Å². The van der Waals surface area contributed by atoms with Crippen LogP contribution in [0.4, 0.5) is 0 Å². The first-order chi connectivity index (χ1) is 7.85. The van der Waals surface area contributed by atoms with Gasteiger partial charge < -0.3 is 0 Å².